The number of ether oxygens (including phenoxy) is 3. The van der Waals surface area contributed by atoms with Crippen LogP contribution in [-0.4, -0.2) is 80.6 Å². The molecule has 0 bridgehead atoms. The van der Waals surface area contributed by atoms with E-state index in [0.29, 0.717) is 6.42 Å². The van der Waals surface area contributed by atoms with E-state index < -0.39 is 93.7 Å². The number of hydrogen-bond donors (Lipinski definition) is 10. The summed E-state index contributed by atoms with van der Waals surface area (Å²) in [4.78, 5) is 26.0. The van der Waals surface area contributed by atoms with E-state index in [1.54, 1.807) is 0 Å². The van der Waals surface area contributed by atoms with E-state index in [0.717, 1.165) is 48.5 Å². The van der Waals surface area contributed by atoms with Gasteiger partial charge in [0.05, 0.1) is 5.92 Å². The third kappa shape index (κ3) is 5.56. The monoisotopic (exact) mass is 716 g/mol. The third-order valence-corrected chi connectivity index (χ3v) is 9.55. The van der Waals surface area contributed by atoms with Crippen LogP contribution in [0.1, 0.15) is 58.8 Å². The zero-order valence-electron chi connectivity index (χ0n) is 26.9. The summed E-state index contributed by atoms with van der Waals surface area (Å²) in [6.45, 7) is 0. The minimum absolute atomic E-state index is 0.0697. The van der Waals surface area contributed by atoms with Crippen LogP contribution in [0, 0.1) is 0 Å². The molecule has 6 atom stereocenters. The SMILES string of the molecule is O=C1CCC=C[C@@]1(O)C(=O)O[C@H]1Cc2c(O)cc(O)c([C@H]3c4c(O)cc(O)cc4O[C@H](c4ccc(O)c(O)c4)[C@@H]3O)c2O[C@@H]1c1ccc(O)c(O)c1. The van der Waals surface area contributed by atoms with Gasteiger partial charge in [0.25, 0.3) is 0 Å². The molecule has 0 saturated carbocycles. The maximum absolute atomic E-state index is 13.4. The van der Waals surface area contributed by atoms with Crippen LogP contribution in [0.15, 0.2) is 66.7 Å². The summed E-state index contributed by atoms with van der Waals surface area (Å²) in [5.74, 6) is -8.26. The highest BCUT2D eigenvalue weighted by atomic mass is 16.6. The summed E-state index contributed by atoms with van der Waals surface area (Å²) in [5, 5.41) is 108. The molecule has 15 nitrogen and oxygen atoms in total. The van der Waals surface area contributed by atoms with Crippen molar-refractivity contribution in [2.75, 3.05) is 0 Å². The van der Waals surface area contributed by atoms with Crippen molar-refractivity contribution >= 4 is 11.8 Å². The average molecular weight is 717 g/mol. The minimum Gasteiger partial charge on any atom is -0.508 e. The Morgan fingerprint density at radius 1 is 0.731 bits per heavy atom. The lowest BCUT2D eigenvalue weighted by Crippen LogP contribution is -2.50. The maximum atomic E-state index is 13.4. The summed E-state index contributed by atoms with van der Waals surface area (Å²) >= 11 is 0. The smallest absolute Gasteiger partial charge is 0.350 e. The zero-order valence-corrected chi connectivity index (χ0v) is 26.9. The van der Waals surface area contributed by atoms with Crippen molar-refractivity contribution in [3.8, 4) is 57.5 Å². The summed E-state index contributed by atoms with van der Waals surface area (Å²) in [5.41, 5.74) is -2.76. The molecular formula is C37H32O15. The Morgan fingerprint density at radius 2 is 1.37 bits per heavy atom. The molecule has 2 aliphatic heterocycles. The second kappa shape index (κ2) is 12.5. The Labute approximate surface area is 293 Å². The van der Waals surface area contributed by atoms with Gasteiger partial charge in [-0.1, -0.05) is 18.2 Å². The first-order valence-corrected chi connectivity index (χ1v) is 16.0. The lowest BCUT2D eigenvalue weighted by atomic mass is 9.77. The highest BCUT2D eigenvalue weighted by Gasteiger charge is 2.49. The normalized spacial score (nSPS) is 25.0. The number of Topliss-reactive ketones (excluding diaryl/α,β-unsaturated/α-hetero) is 1. The molecule has 7 rings (SSSR count). The average Bonchev–Trinajstić information content (AvgIpc) is 3.09. The zero-order chi connectivity index (χ0) is 37.2. The second-order valence-corrected chi connectivity index (χ2v) is 12.8. The van der Waals surface area contributed by atoms with Crippen LogP contribution in [0.25, 0.3) is 0 Å². The Hall–Kier alpha value is -6.32. The van der Waals surface area contributed by atoms with Crippen LogP contribution in [0.5, 0.6) is 57.5 Å². The molecule has 0 unspecified atom stereocenters. The molecule has 3 aliphatic rings. The van der Waals surface area contributed by atoms with Gasteiger partial charge in [-0.15, -0.1) is 0 Å². The fraction of sp³-hybridized carbons (Fsp3) is 0.243. The number of ketones is 1. The van der Waals surface area contributed by atoms with E-state index in [-0.39, 0.29) is 52.2 Å². The number of rotatable bonds is 5. The van der Waals surface area contributed by atoms with E-state index in [9.17, 15) is 60.7 Å². The van der Waals surface area contributed by atoms with Gasteiger partial charge in [-0.2, -0.15) is 0 Å². The van der Waals surface area contributed by atoms with Crippen LogP contribution in [0.4, 0.5) is 0 Å². The molecule has 52 heavy (non-hydrogen) atoms. The van der Waals surface area contributed by atoms with Crippen LogP contribution in [-0.2, 0) is 20.7 Å². The van der Waals surface area contributed by atoms with Crippen LogP contribution < -0.4 is 9.47 Å². The molecule has 4 aromatic rings. The number of hydrogen-bond acceptors (Lipinski definition) is 15. The summed E-state index contributed by atoms with van der Waals surface area (Å²) in [6, 6.07) is 10.3. The predicted octanol–water partition coefficient (Wildman–Crippen LogP) is 3.20. The molecule has 0 aromatic heterocycles. The van der Waals surface area contributed by atoms with Crippen molar-refractivity contribution in [3.63, 3.8) is 0 Å². The van der Waals surface area contributed by atoms with E-state index in [2.05, 4.69) is 0 Å². The Bertz CT molecular complexity index is 2160. The molecule has 0 amide bonds. The molecule has 15 heteroatoms. The largest absolute Gasteiger partial charge is 0.508 e. The number of phenolic OH excluding ortho intramolecular Hbond substituents is 8. The van der Waals surface area contributed by atoms with Crippen LogP contribution in [0.3, 0.4) is 0 Å². The first-order valence-electron chi connectivity index (χ1n) is 16.0. The number of aromatic hydroxyl groups is 8. The van der Waals surface area contributed by atoms with Gasteiger partial charge in [-0.3, -0.25) is 4.79 Å². The number of carbonyl (C=O) groups is 2. The number of phenols is 8. The topological polar surface area (TPSA) is 264 Å². The van der Waals surface area contributed by atoms with Crippen molar-refractivity contribution in [1.82, 2.24) is 0 Å². The number of benzene rings is 4. The Morgan fingerprint density at radius 3 is 2.00 bits per heavy atom. The second-order valence-electron chi connectivity index (χ2n) is 12.8. The highest BCUT2D eigenvalue weighted by Crippen LogP contribution is 2.57. The first kappa shape index (κ1) is 34.1. The fourth-order valence-corrected chi connectivity index (χ4v) is 6.96. The first-order chi connectivity index (χ1) is 24.7. The van der Waals surface area contributed by atoms with Crippen molar-refractivity contribution in [2.45, 2.75) is 55.2 Å². The van der Waals surface area contributed by atoms with Crippen LogP contribution in [0.2, 0.25) is 0 Å². The molecule has 0 saturated heterocycles. The summed E-state index contributed by atoms with van der Waals surface area (Å²) in [6.07, 6.45) is -3.64. The summed E-state index contributed by atoms with van der Waals surface area (Å²) in [7, 11) is 0. The van der Waals surface area contributed by atoms with Crippen molar-refractivity contribution in [3.05, 3.63) is 94.6 Å². The van der Waals surface area contributed by atoms with Gasteiger partial charge in [0, 0.05) is 53.3 Å². The number of allylic oxidation sites excluding steroid dienone is 1. The fourth-order valence-electron chi connectivity index (χ4n) is 6.96. The van der Waals surface area contributed by atoms with Gasteiger partial charge in [-0.05, 0) is 42.3 Å². The van der Waals surface area contributed by atoms with Crippen LogP contribution >= 0.6 is 0 Å². The lowest BCUT2D eigenvalue weighted by molar-refractivity contribution is -0.175. The minimum atomic E-state index is -2.61. The molecule has 0 fully saturated rings. The van der Waals surface area contributed by atoms with Gasteiger partial charge < -0.3 is 65.3 Å². The molecule has 270 valence electrons. The molecule has 2 heterocycles. The van der Waals surface area contributed by atoms with E-state index in [4.69, 9.17) is 14.2 Å². The van der Waals surface area contributed by atoms with E-state index in [1.165, 1.54) is 18.2 Å². The van der Waals surface area contributed by atoms with Gasteiger partial charge in [0.1, 0.15) is 46.7 Å². The highest BCUT2D eigenvalue weighted by molar-refractivity contribution is 6.09. The Kier molecular flexibility index (Phi) is 8.19. The number of aliphatic hydroxyl groups is 2. The number of carbonyl (C=O) groups excluding carboxylic acids is 2. The van der Waals surface area contributed by atoms with E-state index in [1.807, 2.05) is 0 Å². The van der Waals surface area contributed by atoms with Gasteiger partial charge in [0.15, 0.2) is 41.0 Å². The quantitative estimate of drug-likeness (QED) is 0.0615. The molecule has 1 aliphatic carbocycles. The molecule has 10 N–H and O–H groups in total. The van der Waals surface area contributed by atoms with Crippen molar-refractivity contribution in [2.24, 2.45) is 0 Å². The number of esters is 1. The lowest BCUT2D eigenvalue weighted by Gasteiger charge is -2.41. The van der Waals surface area contributed by atoms with Gasteiger partial charge >= 0.3 is 5.97 Å². The van der Waals surface area contributed by atoms with Gasteiger partial charge in [0.2, 0.25) is 5.60 Å². The molecule has 0 spiro atoms. The van der Waals surface area contributed by atoms with Crippen molar-refractivity contribution < 1.29 is 74.9 Å². The summed E-state index contributed by atoms with van der Waals surface area (Å²) < 4.78 is 18.1. The number of aliphatic hydroxyl groups excluding tert-OH is 1. The number of fused-ring (bicyclic) bond motifs is 2. The van der Waals surface area contributed by atoms with Crippen molar-refractivity contribution in [1.29, 1.82) is 0 Å². The molecule has 4 aromatic carbocycles. The molecule has 0 radical (unpaired) electrons. The Balaban J connectivity index is 1.40. The molecular weight excluding hydrogens is 684 g/mol. The maximum Gasteiger partial charge on any atom is 0.350 e. The third-order valence-electron chi connectivity index (χ3n) is 9.55. The standard InChI is InChI=1S/C37H32O15/c38-17-11-24(44)29-26(12-17)50-34(16-5-7-20(40)23(43)10-16)32(47)31(29)30-25(45)14-21(41)18-13-27(51-36(48)37(49)8-2-1-3-28(37)46)33(52-35(18)30)15-4-6-19(39)22(42)9-15/h2,4-12,14,27,31-34,38-45,47,49H,1,3,13H2/t27-,31+,32+,33+,34+,37-/m0/s1. The predicted molar refractivity (Wildman–Crippen MR) is 176 cm³/mol. The van der Waals surface area contributed by atoms with Gasteiger partial charge in [-0.25, -0.2) is 4.79 Å². The van der Waals surface area contributed by atoms with E-state index >= 15 is 0 Å².